The van der Waals surface area contributed by atoms with Gasteiger partial charge < -0.3 is 20.6 Å². The summed E-state index contributed by atoms with van der Waals surface area (Å²) >= 11 is 3.29. The van der Waals surface area contributed by atoms with Gasteiger partial charge in [-0.25, -0.2) is 8.78 Å². The molecule has 0 saturated carbocycles. The molecule has 1 aliphatic heterocycles. The minimum Gasteiger partial charge on any atom is -0.396 e. The Kier molecular flexibility index (Phi) is 5.03. The van der Waals surface area contributed by atoms with Crippen LogP contribution >= 0.6 is 15.9 Å². The standard InChI is InChI=1S/C17H14BrF2N3O3/c18-10-3-1-2-9(6-10)16-22(7-11(8-24)23(16)26)17(25)14-12(19)4-5-13(21)15(14)20/h1-6,8,11,16,26H,7,21H2. The van der Waals surface area contributed by atoms with E-state index in [4.69, 9.17) is 5.73 Å². The number of benzene rings is 2. The molecule has 1 amide bonds. The number of amides is 1. The average Bonchev–Trinajstić information content (AvgIpc) is 2.95. The van der Waals surface area contributed by atoms with Crippen molar-refractivity contribution in [2.75, 3.05) is 12.3 Å². The van der Waals surface area contributed by atoms with Gasteiger partial charge in [-0.1, -0.05) is 28.1 Å². The molecule has 2 aromatic rings. The van der Waals surface area contributed by atoms with E-state index >= 15 is 0 Å². The second-order valence-corrected chi connectivity index (χ2v) is 6.71. The fraction of sp³-hybridized carbons (Fsp3) is 0.176. The highest BCUT2D eigenvalue weighted by Gasteiger charge is 2.44. The Labute approximate surface area is 155 Å². The lowest BCUT2D eigenvalue weighted by molar-refractivity contribution is -0.154. The van der Waals surface area contributed by atoms with Gasteiger partial charge in [-0.2, -0.15) is 5.06 Å². The Bertz CT molecular complexity index is 880. The zero-order valence-electron chi connectivity index (χ0n) is 13.3. The number of nitrogens with zero attached hydrogens (tertiary/aromatic N) is 2. The monoisotopic (exact) mass is 425 g/mol. The molecule has 3 rings (SSSR count). The smallest absolute Gasteiger partial charge is 0.261 e. The molecule has 2 unspecified atom stereocenters. The molecule has 2 atom stereocenters. The van der Waals surface area contributed by atoms with Gasteiger partial charge in [0.15, 0.2) is 5.82 Å². The summed E-state index contributed by atoms with van der Waals surface area (Å²) in [5, 5.41) is 11.0. The minimum atomic E-state index is -1.18. The number of rotatable bonds is 3. The second-order valence-electron chi connectivity index (χ2n) is 5.80. The van der Waals surface area contributed by atoms with E-state index in [1.807, 2.05) is 0 Å². The predicted octanol–water partition coefficient (Wildman–Crippen LogP) is 2.72. The van der Waals surface area contributed by atoms with Crippen molar-refractivity contribution >= 4 is 33.8 Å². The first-order chi connectivity index (χ1) is 12.3. The molecule has 1 fully saturated rings. The summed E-state index contributed by atoms with van der Waals surface area (Å²) in [4.78, 5) is 25.1. The highest BCUT2D eigenvalue weighted by molar-refractivity contribution is 9.10. The number of hydrogen-bond donors (Lipinski definition) is 2. The third-order valence-electron chi connectivity index (χ3n) is 4.17. The highest BCUT2D eigenvalue weighted by atomic mass is 79.9. The van der Waals surface area contributed by atoms with Gasteiger partial charge in [0.2, 0.25) is 0 Å². The summed E-state index contributed by atoms with van der Waals surface area (Å²) in [6.45, 7) is -0.232. The van der Waals surface area contributed by atoms with Crippen LogP contribution in [0, 0.1) is 11.6 Å². The Morgan fingerprint density at radius 3 is 2.69 bits per heavy atom. The van der Waals surface area contributed by atoms with E-state index in [9.17, 15) is 23.6 Å². The Hall–Kier alpha value is -2.36. The number of anilines is 1. The second kappa shape index (κ2) is 7.10. The third kappa shape index (κ3) is 3.09. The van der Waals surface area contributed by atoms with Crippen LogP contribution in [0.25, 0.3) is 0 Å². The van der Waals surface area contributed by atoms with Gasteiger partial charge in [-0.05, 0) is 29.8 Å². The first kappa shape index (κ1) is 18.4. The Morgan fingerprint density at radius 2 is 2.04 bits per heavy atom. The van der Waals surface area contributed by atoms with Crippen molar-refractivity contribution in [2.24, 2.45) is 0 Å². The van der Waals surface area contributed by atoms with Crippen molar-refractivity contribution in [3.63, 3.8) is 0 Å². The number of nitrogen functional groups attached to an aromatic ring is 1. The molecule has 0 radical (unpaired) electrons. The van der Waals surface area contributed by atoms with Crippen molar-refractivity contribution in [2.45, 2.75) is 12.2 Å². The van der Waals surface area contributed by atoms with Gasteiger partial charge in [0.05, 0.1) is 5.69 Å². The van der Waals surface area contributed by atoms with Crippen molar-refractivity contribution in [3.8, 4) is 0 Å². The topological polar surface area (TPSA) is 86.9 Å². The zero-order valence-corrected chi connectivity index (χ0v) is 14.9. The van der Waals surface area contributed by atoms with E-state index in [2.05, 4.69) is 15.9 Å². The van der Waals surface area contributed by atoms with Gasteiger partial charge in [0.25, 0.3) is 5.91 Å². The molecule has 1 saturated heterocycles. The van der Waals surface area contributed by atoms with Crippen LogP contribution < -0.4 is 5.73 Å². The van der Waals surface area contributed by atoms with Crippen LogP contribution in [0.2, 0.25) is 0 Å². The molecule has 1 heterocycles. The molecule has 9 heteroatoms. The molecule has 0 aliphatic carbocycles. The number of halogens is 3. The third-order valence-corrected chi connectivity index (χ3v) is 4.66. The van der Waals surface area contributed by atoms with Crippen LogP contribution in [0.15, 0.2) is 40.9 Å². The van der Waals surface area contributed by atoms with Crippen molar-refractivity contribution in [1.29, 1.82) is 0 Å². The van der Waals surface area contributed by atoms with E-state index in [-0.39, 0.29) is 12.2 Å². The van der Waals surface area contributed by atoms with E-state index < -0.39 is 35.3 Å². The first-order valence-corrected chi connectivity index (χ1v) is 8.37. The summed E-state index contributed by atoms with van der Waals surface area (Å²) in [6.07, 6.45) is -0.625. The molecule has 0 aromatic heterocycles. The lowest BCUT2D eigenvalue weighted by Crippen LogP contribution is -2.35. The maximum Gasteiger partial charge on any atom is 0.261 e. The maximum absolute atomic E-state index is 14.3. The molecule has 1 aliphatic rings. The van der Waals surface area contributed by atoms with Gasteiger partial charge in [-0.3, -0.25) is 4.79 Å². The normalized spacial score (nSPS) is 20.4. The SMILES string of the molecule is Nc1ccc(F)c(C(=O)N2CC(C=O)N(O)C2c2cccc(Br)c2)c1F. The number of nitrogens with two attached hydrogens (primary N) is 1. The van der Waals surface area contributed by atoms with Gasteiger partial charge in [0, 0.05) is 11.0 Å². The number of aldehydes is 1. The number of carbonyl (C=O) groups is 2. The number of hydroxylamine groups is 2. The minimum absolute atomic E-state index is 0.232. The quantitative estimate of drug-likeness (QED) is 0.583. The predicted molar refractivity (Wildman–Crippen MR) is 92.2 cm³/mol. The van der Waals surface area contributed by atoms with Gasteiger partial charge in [0.1, 0.15) is 29.9 Å². The summed E-state index contributed by atoms with van der Waals surface area (Å²) in [5.74, 6) is -3.27. The van der Waals surface area contributed by atoms with E-state index in [1.165, 1.54) is 0 Å². The Balaban J connectivity index is 2.08. The lowest BCUT2D eigenvalue weighted by Gasteiger charge is -2.27. The number of hydrogen-bond acceptors (Lipinski definition) is 5. The zero-order chi connectivity index (χ0) is 19.0. The maximum atomic E-state index is 14.3. The fourth-order valence-electron chi connectivity index (χ4n) is 2.92. The van der Waals surface area contributed by atoms with Crippen molar-refractivity contribution < 1.29 is 23.6 Å². The molecule has 136 valence electrons. The summed E-state index contributed by atoms with van der Waals surface area (Å²) < 4.78 is 29.1. The van der Waals surface area contributed by atoms with E-state index in [0.29, 0.717) is 21.4 Å². The molecule has 0 bridgehead atoms. The molecule has 3 N–H and O–H groups in total. The lowest BCUT2D eigenvalue weighted by atomic mass is 10.1. The molecule has 2 aromatic carbocycles. The molecule has 6 nitrogen and oxygen atoms in total. The molecule has 26 heavy (non-hydrogen) atoms. The van der Waals surface area contributed by atoms with Crippen LogP contribution in [0.3, 0.4) is 0 Å². The molecular formula is C17H14BrF2N3O3. The molecular weight excluding hydrogens is 412 g/mol. The van der Waals surface area contributed by atoms with Crippen LogP contribution in [0.1, 0.15) is 22.1 Å². The van der Waals surface area contributed by atoms with Crippen LogP contribution in [-0.4, -0.2) is 40.0 Å². The summed E-state index contributed by atoms with van der Waals surface area (Å²) in [7, 11) is 0. The van der Waals surface area contributed by atoms with E-state index in [0.717, 1.165) is 17.0 Å². The largest absolute Gasteiger partial charge is 0.396 e. The highest BCUT2D eigenvalue weighted by Crippen LogP contribution is 2.35. The van der Waals surface area contributed by atoms with E-state index in [1.54, 1.807) is 24.3 Å². The molecule has 0 spiro atoms. The fourth-order valence-corrected chi connectivity index (χ4v) is 3.33. The Morgan fingerprint density at radius 1 is 1.31 bits per heavy atom. The van der Waals surface area contributed by atoms with Crippen molar-refractivity contribution in [1.82, 2.24) is 9.96 Å². The van der Waals surface area contributed by atoms with Crippen LogP contribution in [0.4, 0.5) is 14.5 Å². The van der Waals surface area contributed by atoms with Gasteiger partial charge >= 0.3 is 0 Å². The van der Waals surface area contributed by atoms with Crippen molar-refractivity contribution in [3.05, 3.63) is 63.6 Å². The number of carbonyl (C=O) groups excluding carboxylic acids is 2. The summed E-state index contributed by atoms with van der Waals surface area (Å²) in [6, 6.07) is 7.54. The van der Waals surface area contributed by atoms with Crippen LogP contribution in [-0.2, 0) is 4.79 Å². The van der Waals surface area contributed by atoms with Gasteiger partial charge in [-0.15, -0.1) is 0 Å². The summed E-state index contributed by atoms with van der Waals surface area (Å²) in [5.41, 5.74) is 4.70. The van der Waals surface area contributed by atoms with Crippen LogP contribution in [0.5, 0.6) is 0 Å². The average molecular weight is 426 g/mol. The first-order valence-electron chi connectivity index (χ1n) is 7.57.